The number of rotatable bonds is 2. The van der Waals surface area contributed by atoms with Gasteiger partial charge in [-0.25, -0.2) is 4.98 Å². The molecule has 0 saturated carbocycles. The van der Waals surface area contributed by atoms with Crippen molar-refractivity contribution in [3.63, 3.8) is 0 Å². The molecule has 1 aliphatic carbocycles. The van der Waals surface area contributed by atoms with Gasteiger partial charge in [-0.15, -0.1) is 11.3 Å². The van der Waals surface area contributed by atoms with Crippen molar-refractivity contribution in [3.05, 3.63) is 51.0 Å². The second-order valence-corrected chi connectivity index (χ2v) is 7.70. The highest BCUT2D eigenvalue weighted by molar-refractivity contribution is 7.11. The summed E-state index contributed by atoms with van der Waals surface area (Å²) < 4.78 is 0. The zero-order valence-corrected chi connectivity index (χ0v) is 13.1. The highest BCUT2D eigenvalue weighted by Gasteiger charge is 2.33. The van der Waals surface area contributed by atoms with E-state index in [1.807, 2.05) is 0 Å². The molecule has 0 fully saturated rings. The Hall–Kier alpha value is -1.19. The first-order valence-corrected chi connectivity index (χ1v) is 7.97. The van der Waals surface area contributed by atoms with Crippen molar-refractivity contribution in [2.45, 2.75) is 46.1 Å². The van der Waals surface area contributed by atoms with Crippen molar-refractivity contribution in [2.24, 2.45) is 5.41 Å². The molecule has 2 nitrogen and oxygen atoms in total. The SMILES string of the molecule is Cc1ccccc1Cc1nc2c(s1)C(O)CC(C)(C)C2. The predicted molar refractivity (Wildman–Crippen MR) is 83.2 cm³/mol. The molecule has 0 amide bonds. The van der Waals surface area contributed by atoms with E-state index in [0.29, 0.717) is 0 Å². The van der Waals surface area contributed by atoms with E-state index in [-0.39, 0.29) is 11.5 Å². The molecule has 3 heteroatoms. The van der Waals surface area contributed by atoms with Crippen molar-refractivity contribution < 1.29 is 5.11 Å². The van der Waals surface area contributed by atoms with Gasteiger partial charge in [-0.05, 0) is 36.3 Å². The van der Waals surface area contributed by atoms with Crippen molar-refractivity contribution in [1.82, 2.24) is 4.98 Å². The lowest BCUT2D eigenvalue weighted by Gasteiger charge is -2.31. The highest BCUT2D eigenvalue weighted by Crippen LogP contribution is 2.43. The summed E-state index contributed by atoms with van der Waals surface area (Å²) in [5, 5.41) is 11.4. The standard InChI is InChI=1S/C17H21NOS/c1-11-6-4-5-7-12(11)8-15-18-13-9-17(2,3)10-14(19)16(13)20-15/h4-7,14,19H,8-10H2,1-3H3. The molecule has 2 aromatic rings. The third kappa shape index (κ3) is 2.65. The lowest BCUT2D eigenvalue weighted by Crippen LogP contribution is -2.24. The van der Waals surface area contributed by atoms with E-state index in [0.717, 1.165) is 34.8 Å². The van der Waals surface area contributed by atoms with Gasteiger partial charge in [-0.2, -0.15) is 0 Å². The third-order valence-corrected chi connectivity index (χ3v) is 5.27. The minimum atomic E-state index is -0.336. The van der Waals surface area contributed by atoms with Crippen LogP contribution in [0.5, 0.6) is 0 Å². The van der Waals surface area contributed by atoms with Crippen LogP contribution in [0.1, 0.15) is 53.1 Å². The molecule has 1 N–H and O–H groups in total. The molecule has 1 heterocycles. The van der Waals surface area contributed by atoms with E-state index >= 15 is 0 Å². The summed E-state index contributed by atoms with van der Waals surface area (Å²) in [6, 6.07) is 8.45. The molecule has 20 heavy (non-hydrogen) atoms. The summed E-state index contributed by atoms with van der Waals surface area (Å²) in [7, 11) is 0. The normalized spacial score (nSPS) is 20.7. The third-order valence-electron chi connectivity index (χ3n) is 4.07. The first-order valence-electron chi connectivity index (χ1n) is 7.16. The van der Waals surface area contributed by atoms with Crippen LogP contribution in [0.25, 0.3) is 0 Å². The number of fused-ring (bicyclic) bond motifs is 1. The average molecular weight is 287 g/mol. The lowest BCUT2D eigenvalue weighted by molar-refractivity contribution is 0.102. The summed E-state index contributed by atoms with van der Waals surface area (Å²) in [5.41, 5.74) is 3.90. The van der Waals surface area contributed by atoms with Crippen molar-refractivity contribution in [2.75, 3.05) is 0 Å². The molecular weight excluding hydrogens is 266 g/mol. The summed E-state index contributed by atoms with van der Waals surface area (Å²) >= 11 is 1.69. The van der Waals surface area contributed by atoms with Gasteiger partial charge in [-0.3, -0.25) is 0 Å². The van der Waals surface area contributed by atoms with Gasteiger partial charge in [0.25, 0.3) is 0 Å². The Balaban J connectivity index is 1.89. The van der Waals surface area contributed by atoms with Gasteiger partial charge in [0, 0.05) is 6.42 Å². The quantitative estimate of drug-likeness (QED) is 0.904. The van der Waals surface area contributed by atoms with Crippen molar-refractivity contribution >= 4 is 11.3 Å². The van der Waals surface area contributed by atoms with Crippen LogP contribution in [0.15, 0.2) is 24.3 Å². The van der Waals surface area contributed by atoms with Crippen LogP contribution in [-0.4, -0.2) is 10.1 Å². The Morgan fingerprint density at radius 2 is 2.10 bits per heavy atom. The number of nitrogens with zero attached hydrogens (tertiary/aromatic N) is 1. The summed E-state index contributed by atoms with van der Waals surface area (Å²) in [4.78, 5) is 5.88. The van der Waals surface area contributed by atoms with Crippen molar-refractivity contribution in [3.8, 4) is 0 Å². The number of aliphatic hydroxyl groups excluding tert-OH is 1. The van der Waals surface area contributed by atoms with Gasteiger partial charge in [0.2, 0.25) is 0 Å². The monoisotopic (exact) mass is 287 g/mol. The summed E-state index contributed by atoms with van der Waals surface area (Å²) in [5.74, 6) is 0. The molecule has 0 bridgehead atoms. The molecule has 0 spiro atoms. The molecule has 1 unspecified atom stereocenters. The first-order chi connectivity index (χ1) is 9.44. The molecule has 0 aliphatic heterocycles. The largest absolute Gasteiger partial charge is 0.387 e. The fourth-order valence-electron chi connectivity index (χ4n) is 2.99. The second kappa shape index (κ2) is 4.97. The topological polar surface area (TPSA) is 33.1 Å². The van der Waals surface area contributed by atoms with Gasteiger partial charge in [0.05, 0.1) is 21.7 Å². The number of hydrogen-bond acceptors (Lipinski definition) is 3. The Labute approximate surface area is 124 Å². The van der Waals surface area contributed by atoms with Crippen LogP contribution in [0.3, 0.4) is 0 Å². The first kappa shape index (κ1) is 13.8. The maximum absolute atomic E-state index is 10.3. The van der Waals surface area contributed by atoms with Gasteiger partial charge in [0.1, 0.15) is 0 Å². The van der Waals surface area contributed by atoms with Gasteiger partial charge < -0.3 is 5.11 Å². The number of aryl methyl sites for hydroxylation is 1. The van der Waals surface area contributed by atoms with Gasteiger partial charge >= 0.3 is 0 Å². The van der Waals surface area contributed by atoms with E-state index < -0.39 is 0 Å². The lowest BCUT2D eigenvalue weighted by atomic mass is 9.77. The molecule has 1 aliphatic rings. The van der Waals surface area contributed by atoms with Crippen LogP contribution in [0.4, 0.5) is 0 Å². The molecule has 0 saturated heterocycles. The van der Waals surface area contributed by atoms with Crippen LogP contribution < -0.4 is 0 Å². The Bertz CT molecular complexity index is 630. The minimum Gasteiger partial charge on any atom is -0.387 e. The van der Waals surface area contributed by atoms with E-state index in [1.54, 1.807) is 11.3 Å². The molecule has 1 atom stereocenters. The van der Waals surface area contributed by atoms with E-state index in [4.69, 9.17) is 4.98 Å². The van der Waals surface area contributed by atoms with Crippen LogP contribution in [0, 0.1) is 12.3 Å². The van der Waals surface area contributed by atoms with Crippen LogP contribution in [-0.2, 0) is 12.8 Å². The maximum atomic E-state index is 10.3. The maximum Gasteiger partial charge on any atom is 0.0976 e. The van der Waals surface area contributed by atoms with Gasteiger partial charge in [-0.1, -0.05) is 38.1 Å². The second-order valence-electron chi connectivity index (χ2n) is 6.58. The minimum absolute atomic E-state index is 0.153. The zero-order valence-electron chi connectivity index (χ0n) is 12.3. The molecular formula is C17H21NOS. The number of aliphatic hydroxyl groups is 1. The molecule has 1 aromatic carbocycles. The van der Waals surface area contributed by atoms with Crippen molar-refractivity contribution in [1.29, 1.82) is 0 Å². The summed E-state index contributed by atoms with van der Waals surface area (Å²) in [6.07, 6.45) is 2.35. The Morgan fingerprint density at radius 3 is 2.85 bits per heavy atom. The molecule has 106 valence electrons. The Kier molecular flexibility index (Phi) is 3.43. The summed E-state index contributed by atoms with van der Waals surface area (Å²) in [6.45, 7) is 6.56. The average Bonchev–Trinajstić information content (AvgIpc) is 2.73. The van der Waals surface area contributed by atoms with Crippen LogP contribution in [0.2, 0.25) is 0 Å². The highest BCUT2D eigenvalue weighted by atomic mass is 32.1. The number of aromatic nitrogens is 1. The molecule has 1 aromatic heterocycles. The predicted octanol–water partition coefficient (Wildman–Crippen LogP) is 4.05. The number of thiazole rings is 1. The fourth-order valence-corrected chi connectivity index (χ4v) is 4.08. The van der Waals surface area contributed by atoms with Crippen LogP contribution >= 0.6 is 11.3 Å². The van der Waals surface area contributed by atoms with E-state index in [9.17, 15) is 5.11 Å². The number of benzene rings is 1. The molecule has 0 radical (unpaired) electrons. The fraction of sp³-hybridized carbons (Fsp3) is 0.471. The number of hydrogen-bond donors (Lipinski definition) is 1. The Morgan fingerprint density at radius 1 is 1.35 bits per heavy atom. The van der Waals surface area contributed by atoms with Gasteiger partial charge in [0.15, 0.2) is 0 Å². The van der Waals surface area contributed by atoms with E-state index in [1.165, 1.54) is 11.1 Å². The molecule has 3 rings (SSSR count). The zero-order chi connectivity index (χ0) is 14.3. The smallest absolute Gasteiger partial charge is 0.0976 e. The van der Waals surface area contributed by atoms with E-state index in [2.05, 4.69) is 45.0 Å².